The number of aromatic nitrogens is 2. The number of carbonyl (C=O) groups excluding carboxylic acids is 1. The van der Waals surface area contributed by atoms with Crippen LogP contribution in [0.1, 0.15) is 17.3 Å². The largest absolute Gasteiger partial charge is 0.457 e. The summed E-state index contributed by atoms with van der Waals surface area (Å²) in [6.07, 6.45) is 1.40. The molecule has 0 saturated heterocycles. The molecular formula is C12H14N2O3. The maximum atomic E-state index is 11.9. The predicted octanol–water partition coefficient (Wildman–Crippen LogP) is 1.75. The number of para-hydroxylation sites is 1. The minimum absolute atomic E-state index is 0.273. The molecule has 5 nitrogen and oxygen atoms in total. The van der Waals surface area contributed by atoms with Gasteiger partial charge in [0.1, 0.15) is 6.10 Å². The number of aromatic amines is 1. The summed E-state index contributed by atoms with van der Waals surface area (Å²) in [5, 5.41) is 7.58. The van der Waals surface area contributed by atoms with Gasteiger partial charge in [-0.15, -0.1) is 0 Å². The quantitative estimate of drug-likeness (QED) is 0.818. The number of methoxy groups -OCH3 is 1. The number of ether oxygens (including phenoxy) is 2. The van der Waals surface area contributed by atoms with E-state index in [0.29, 0.717) is 17.7 Å². The van der Waals surface area contributed by atoms with Crippen LogP contribution in [-0.2, 0) is 9.47 Å². The molecule has 90 valence electrons. The summed E-state index contributed by atoms with van der Waals surface area (Å²) in [5.74, 6) is -0.371. The molecule has 2 aromatic rings. The first-order valence-electron chi connectivity index (χ1n) is 5.34. The Balaban J connectivity index is 2.21. The van der Waals surface area contributed by atoms with E-state index in [2.05, 4.69) is 10.2 Å². The third kappa shape index (κ3) is 2.45. The van der Waals surface area contributed by atoms with Gasteiger partial charge in [0, 0.05) is 12.5 Å². The number of fused-ring (bicyclic) bond motifs is 1. The Kier molecular flexibility index (Phi) is 3.39. The molecule has 17 heavy (non-hydrogen) atoms. The molecule has 0 bridgehead atoms. The SMILES string of the molecule is COC[C@H](C)OC(=O)c1cccc2cn[nH]c12. The summed E-state index contributed by atoms with van der Waals surface area (Å²) in [5.41, 5.74) is 1.19. The zero-order valence-electron chi connectivity index (χ0n) is 9.77. The maximum absolute atomic E-state index is 11.9. The summed E-state index contributed by atoms with van der Waals surface area (Å²) in [4.78, 5) is 11.9. The highest BCUT2D eigenvalue weighted by Crippen LogP contribution is 2.16. The van der Waals surface area contributed by atoms with Crippen LogP contribution in [0.25, 0.3) is 10.9 Å². The Morgan fingerprint density at radius 2 is 2.35 bits per heavy atom. The fraction of sp³-hybridized carbons (Fsp3) is 0.333. The molecule has 0 amide bonds. The lowest BCUT2D eigenvalue weighted by Gasteiger charge is -2.12. The Hall–Kier alpha value is -1.88. The number of H-pyrrole nitrogens is 1. The van der Waals surface area contributed by atoms with Gasteiger partial charge in [-0.1, -0.05) is 12.1 Å². The van der Waals surface area contributed by atoms with Gasteiger partial charge >= 0.3 is 5.97 Å². The fourth-order valence-corrected chi connectivity index (χ4v) is 1.65. The minimum atomic E-state index is -0.371. The Morgan fingerprint density at radius 3 is 3.12 bits per heavy atom. The number of esters is 1. The van der Waals surface area contributed by atoms with Crippen molar-refractivity contribution in [3.8, 4) is 0 Å². The lowest BCUT2D eigenvalue weighted by molar-refractivity contribution is 0.0122. The van der Waals surface area contributed by atoms with Gasteiger partial charge in [0.05, 0.1) is 23.9 Å². The van der Waals surface area contributed by atoms with Crippen LogP contribution in [-0.4, -0.2) is 36.0 Å². The molecular weight excluding hydrogens is 220 g/mol. The number of carbonyl (C=O) groups is 1. The topological polar surface area (TPSA) is 64.2 Å². The first-order chi connectivity index (χ1) is 8.22. The second kappa shape index (κ2) is 4.97. The van der Waals surface area contributed by atoms with Gasteiger partial charge in [-0.2, -0.15) is 5.10 Å². The van der Waals surface area contributed by atoms with Crippen LogP contribution in [0.2, 0.25) is 0 Å². The van der Waals surface area contributed by atoms with Crippen molar-refractivity contribution < 1.29 is 14.3 Å². The summed E-state index contributed by atoms with van der Waals surface area (Å²) < 4.78 is 10.2. The highest BCUT2D eigenvalue weighted by molar-refractivity contribution is 6.02. The Bertz CT molecular complexity index is 521. The molecule has 1 N–H and O–H groups in total. The number of nitrogens with zero attached hydrogens (tertiary/aromatic N) is 1. The summed E-state index contributed by atoms with van der Waals surface area (Å²) in [6, 6.07) is 5.39. The average Bonchev–Trinajstić information content (AvgIpc) is 2.76. The second-order valence-electron chi connectivity index (χ2n) is 3.81. The van der Waals surface area contributed by atoms with E-state index < -0.39 is 0 Å². The molecule has 2 rings (SSSR count). The molecule has 1 atom stereocenters. The molecule has 0 spiro atoms. The second-order valence-corrected chi connectivity index (χ2v) is 3.81. The van der Waals surface area contributed by atoms with Crippen LogP contribution < -0.4 is 0 Å². The van der Waals surface area contributed by atoms with Crippen molar-refractivity contribution in [2.45, 2.75) is 13.0 Å². The molecule has 0 fully saturated rings. The van der Waals surface area contributed by atoms with Crippen LogP contribution in [0.3, 0.4) is 0 Å². The Morgan fingerprint density at radius 1 is 1.53 bits per heavy atom. The molecule has 0 saturated carbocycles. The minimum Gasteiger partial charge on any atom is -0.457 e. The average molecular weight is 234 g/mol. The molecule has 0 aliphatic rings. The van der Waals surface area contributed by atoms with Crippen molar-refractivity contribution in [1.82, 2.24) is 10.2 Å². The monoisotopic (exact) mass is 234 g/mol. The number of nitrogens with one attached hydrogen (secondary N) is 1. The summed E-state index contributed by atoms with van der Waals surface area (Å²) in [6.45, 7) is 2.17. The van der Waals surface area contributed by atoms with Gasteiger partial charge in [-0.25, -0.2) is 4.79 Å². The van der Waals surface area contributed by atoms with Crippen molar-refractivity contribution >= 4 is 16.9 Å². The van der Waals surface area contributed by atoms with Crippen LogP contribution in [0.15, 0.2) is 24.4 Å². The lowest BCUT2D eigenvalue weighted by Crippen LogP contribution is -2.19. The first-order valence-corrected chi connectivity index (χ1v) is 5.34. The molecule has 0 unspecified atom stereocenters. The highest BCUT2D eigenvalue weighted by atomic mass is 16.6. The molecule has 0 aliphatic carbocycles. The fourth-order valence-electron chi connectivity index (χ4n) is 1.65. The van der Waals surface area contributed by atoms with Crippen molar-refractivity contribution in [2.24, 2.45) is 0 Å². The molecule has 5 heteroatoms. The first kappa shape index (κ1) is 11.6. The van der Waals surface area contributed by atoms with Crippen molar-refractivity contribution in [3.05, 3.63) is 30.0 Å². The number of hydrogen-bond donors (Lipinski definition) is 1. The van der Waals surface area contributed by atoms with Crippen LogP contribution in [0, 0.1) is 0 Å². The van der Waals surface area contributed by atoms with E-state index in [4.69, 9.17) is 9.47 Å². The lowest BCUT2D eigenvalue weighted by atomic mass is 10.1. The summed E-state index contributed by atoms with van der Waals surface area (Å²) in [7, 11) is 1.57. The normalized spacial score (nSPS) is 12.6. The standard InChI is InChI=1S/C12H14N2O3/c1-8(7-16-2)17-12(15)10-5-3-4-9-6-13-14-11(9)10/h3-6,8H,7H2,1-2H3,(H,13,14)/t8-/m0/s1. The van der Waals surface area contributed by atoms with Gasteiger partial charge in [0.15, 0.2) is 0 Å². The maximum Gasteiger partial charge on any atom is 0.340 e. The number of benzene rings is 1. The van der Waals surface area contributed by atoms with Gasteiger partial charge in [0.25, 0.3) is 0 Å². The van der Waals surface area contributed by atoms with E-state index in [1.807, 2.05) is 6.07 Å². The van der Waals surface area contributed by atoms with Crippen molar-refractivity contribution in [1.29, 1.82) is 0 Å². The zero-order valence-corrected chi connectivity index (χ0v) is 9.77. The van der Waals surface area contributed by atoms with E-state index in [-0.39, 0.29) is 12.1 Å². The molecule has 1 heterocycles. The van der Waals surface area contributed by atoms with Gasteiger partial charge in [-0.3, -0.25) is 5.10 Å². The van der Waals surface area contributed by atoms with Crippen LogP contribution >= 0.6 is 0 Å². The zero-order chi connectivity index (χ0) is 12.3. The third-order valence-corrected chi connectivity index (χ3v) is 2.41. The number of hydrogen-bond acceptors (Lipinski definition) is 4. The number of rotatable bonds is 4. The van der Waals surface area contributed by atoms with Crippen molar-refractivity contribution in [2.75, 3.05) is 13.7 Å². The smallest absolute Gasteiger partial charge is 0.340 e. The van der Waals surface area contributed by atoms with Crippen LogP contribution in [0.4, 0.5) is 0 Å². The van der Waals surface area contributed by atoms with E-state index >= 15 is 0 Å². The van der Waals surface area contributed by atoms with Gasteiger partial charge in [-0.05, 0) is 13.0 Å². The van der Waals surface area contributed by atoms with Gasteiger partial charge in [0.2, 0.25) is 0 Å². The molecule has 1 aromatic heterocycles. The van der Waals surface area contributed by atoms with E-state index in [1.54, 1.807) is 32.4 Å². The summed E-state index contributed by atoms with van der Waals surface area (Å²) >= 11 is 0. The molecule has 1 aromatic carbocycles. The third-order valence-electron chi connectivity index (χ3n) is 2.41. The van der Waals surface area contributed by atoms with E-state index in [1.165, 1.54) is 0 Å². The molecule has 0 aliphatic heterocycles. The van der Waals surface area contributed by atoms with E-state index in [0.717, 1.165) is 5.39 Å². The highest BCUT2D eigenvalue weighted by Gasteiger charge is 2.15. The van der Waals surface area contributed by atoms with Gasteiger partial charge < -0.3 is 9.47 Å². The Labute approximate surface area is 98.7 Å². The predicted molar refractivity (Wildman–Crippen MR) is 62.8 cm³/mol. The molecule has 0 radical (unpaired) electrons. The van der Waals surface area contributed by atoms with Crippen LogP contribution in [0.5, 0.6) is 0 Å². The van der Waals surface area contributed by atoms with Crippen molar-refractivity contribution in [3.63, 3.8) is 0 Å². The van der Waals surface area contributed by atoms with E-state index in [9.17, 15) is 4.79 Å².